The van der Waals surface area contributed by atoms with Crippen LogP contribution >= 0.6 is 12.6 Å². The van der Waals surface area contributed by atoms with Crippen molar-refractivity contribution in [2.75, 3.05) is 19.7 Å². The van der Waals surface area contributed by atoms with E-state index in [2.05, 4.69) is 12.6 Å². The fourth-order valence-electron chi connectivity index (χ4n) is 1.40. The lowest BCUT2D eigenvalue weighted by Crippen LogP contribution is -2.36. The minimum absolute atomic E-state index is 0.0264. The van der Waals surface area contributed by atoms with Gasteiger partial charge in [-0.2, -0.15) is 12.6 Å². The maximum absolute atomic E-state index is 10.7. The number of likely N-dealkylation sites (N-methyl/N-ethyl adjacent to an activating group) is 1. The first-order chi connectivity index (χ1) is 6.13. The molecule has 1 N–H and O–H groups in total. The molecule has 0 aliphatic carbocycles. The predicted molar refractivity (Wildman–Crippen MR) is 52.4 cm³/mol. The molecular formula is C8H15NO3S. The lowest BCUT2D eigenvalue weighted by Gasteiger charge is -2.20. The highest BCUT2D eigenvalue weighted by Crippen LogP contribution is 2.18. The van der Waals surface area contributed by atoms with Gasteiger partial charge in [0, 0.05) is 11.8 Å². The number of amides is 1. The molecule has 0 spiro atoms. The summed E-state index contributed by atoms with van der Waals surface area (Å²) in [5, 5.41) is 9.01. The van der Waals surface area contributed by atoms with Crippen LogP contribution in [0.25, 0.3) is 0 Å². The van der Waals surface area contributed by atoms with Gasteiger partial charge in [0.25, 0.3) is 0 Å². The first kappa shape index (κ1) is 10.7. The SMILES string of the molecule is CCN(CC1CC(S)CO1)C(=O)O. The van der Waals surface area contributed by atoms with Crippen LogP contribution in [-0.4, -0.2) is 47.1 Å². The van der Waals surface area contributed by atoms with Gasteiger partial charge in [-0.15, -0.1) is 0 Å². The van der Waals surface area contributed by atoms with Gasteiger partial charge in [0.05, 0.1) is 19.3 Å². The summed E-state index contributed by atoms with van der Waals surface area (Å²) >= 11 is 4.26. The van der Waals surface area contributed by atoms with E-state index in [1.807, 2.05) is 6.92 Å². The van der Waals surface area contributed by atoms with E-state index in [0.29, 0.717) is 19.7 Å². The minimum Gasteiger partial charge on any atom is -0.465 e. The highest BCUT2D eigenvalue weighted by molar-refractivity contribution is 7.81. The summed E-state index contributed by atoms with van der Waals surface area (Å²) in [4.78, 5) is 12.0. The van der Waals surface area contributed by atoms with Gasteiger partial charge in [0.1, 0.15) is 0 Å². The molecule has 76 valence electrons. The molecule has 1 aliphatic rings. The predicted octanol–water partition coefficient (Wildman–Crippen LogP) is 1.07. The maximum atomic E-state index is 10.7. The van der Waals surface area contributed by atoms with Crippen molar-refractivity contribution in [3.63, 3.8) is 0 Å². The molecule has 2 unspecified atom stereocenters. The highest BCUT2D eigenvalue weighted by atomic mass is 32.1. The summed E-state index contributed by atoms with van der Waals surface area (Å²) in [5.74, 6) is 0. The molecule has 4 nitrogen and oxygen atoms in total. The van der Waals surface area contributed by atoms with E-state index < -0.39 is 6.09 Å². The average Bonchev–Trinajstić information content (AvgIpc) is 2.46. The van der Waals surface area contributed by atoms with Gasteiger partial charge >= 0.3 is 6.09 Å². The molecule has 0 saturated carbocycles. The Labute approximate surface area is 83.3 Å². The number of thiol groups is 1. The van der Waals surface area contributed by atoms with Crippen molar-refractivity contribution in [2.45, 2.75) is 24.7 Å². The molecule has 1 amide bonds. The summed E-state index contributed by atoms with van der Waals surface area (Å²) in [5.41, 5.74) is 0. The first-order valence-corrected chi connectivity index (χ1v) is 4.92. The fraction of sp³-hybridized carbons (Fsp3) is 0.875. The number of hydrogen-bond donors (Lipinski definition) is 2. The number of rotatable bonds is 3. The molecule has 13 heavy (non-hydrogen) atoms. The minimum atomic E-state index is -0.881. The van der Waals surface area contributed by atoms with Gasteiger partial charge in [0.15, 0.2) is 0 Å². The quantitative estimate of drug-likeness (QED) is 0.678. The Kier molecular flexibility index (Phi) is 3.87. The Morgan fingerprint density at radius 1 is 1.77 bits per heavy atom. The van der Waals surface area contributed by atoms with Gasteiger partial charge in [0.2, 0.25) is 0 Å². The van der Waals surface area contributed by atoms with E-state index in [9.17, 15) is 4.79 Å². The zero-order valence-corrected chi connectivity index (χ0v) is 8.54. The normalized spacial score (nSPS) is 27.5. The summed E-state index contributed by atoms with van der Waals surface area (Å²) in [6.07, 6.45) is -0.0142. The third-order valence-electron chi connectivity index (χ3n) is 2.14. The van der Waals surface area contributed by atoms with Gasteiger partial charge in [-0.25, -0.2) is 4.79 Å². The molecule has 5 heteroatoms. The van der Waals surface area contributed by atoms with E-state index in [1.54, 1.807) is 0 Å². The van der Waals surface area contributed by atoms with Crippen molar-refractivity contribution in [1.29, 1.82) is 0 Å². The van der Waals surface area contributed by atoms with Crippen LogP contribution < -0.4 is 0 Å². The zero-order chi connectivity index (χ0) is 9.84. The fourth-order valence-corrected chi connectivity index (χ4v) is 1.72. The Hall–Kier alpha value is -0.420. The molecule has 0 aromatic carbocycles. The Bertz CT molecular complexity index is 188. The van der Waals surface area contributed by atoms with Crippen LogP contribution in [0.2, 0.25) is 0 Å². The van der Waals surface area contributed by atoms with Crippen LogP contribution in [0.1, 0.15) is 13.3 Å². The zero-order valence-electron chi connectivity index (χ0n) is 7.64. The van der Waals surface area contributed by atoms with Crippen LogP contribution in [0.3, 0.4) is 0 Å². The van der Waals surface area contributed by atoms with E-state index >= 15 is 0 Å². The highest BCUT2D eigenvalue weighted by Gasteiger charge is 2.25. The van der Waals surface area contributed by atoms with Crippen LogP contribution in [0.4, 0.5) is 4.79 Å². The van der Waals surface area contributed by atoms with Gasteiger partial charge in [-0.1, -0.05) is 0 Å². The Morgan fingerprint density at radius 3 is 2.85 bits per heavy atom. The molecule has 1 rings (SSSR count). The van der Waals surface area contributed by atoms with Crippen molar-refractivity contribution in [1.82, 2.24) is 4.90 Å². The molecule has 1 saturated heterocycles. The van der Waals surface area contributed by atoms with Gasteiger partial charge < -0.3 is 14.7 Å². The number of hydrogen-bond acceptors (Lipinski definition) is 3. The second-order valence-electron chi connectivity index (χ2n) is 3.17. The summed E-state index contributed by atoms with van der Waals surface area (Å²) in [7, 11) is 0. The lowest BCUT2D eigenvalue weighted by molar-refractivity contribution is 0.0713. The van der Waals surface area contributed by atoms with Gasteiger partial charge in [-0.3, -0.25) is 0 Å². The van der Waals surface area contributed by atoms with Crippen LogP contribution in [0.15, 0.2) is 0 Å². The standard InChI is InChI=1S/C8H15NO3S/c1-2-9(8(10)11)4-6-3-7(13)5-12-6/h6-7,13H,2-5H2,1H3,(H,10,11). The number of carbonyl (C=O) groups is 1. The van der Waals surface area contributed by atoms with E-state index in [4.69, 9.17) is 9.84 Å². The third kappa shape index (κ3) is 3.08. The number of carboxylic acid groups (broad SMARTS) is 1. The molecule has 0 aromatic rings. The number of ether oxygens (including phenoxy) is 1. The lowest BCUT2D eigenvalue weighted by atomic mass is 10.2. The van der Waals surface area contributed by atoms with Crippen LogP contribution in [0.5, 0.6) is 0 Å². The smallest absolute Gasteiger partial charge is 0.407 e. The average molecular weight is 205 g/mol. The first-order valence-electron chi connectivity index (χ1n) is 4.41. The molecule has 0 radical (unpaired) electrons. The Balaban J connectivity index is 2.34. The summed E-state index contributed by atoms with van der Waals surface area (Å²) < 4.78 is 5.37. The Morgan fingerprint density at radius 2 is 2.46 bits per heavy atom. The molecule has 0 bridgehead atoms. The largest absolute Gasteiger partial charge is 0.465 e. The van der Waals surface area contributed by atoms with E-state index in [-0.39, 0.29) is 11.4 Å². The van der Waals surface area contributed by atoms with Crippen molar-refractivity contribution in [2.24, 2.45) is 0 Å². The van der Waals surface area contributed by atoms with Crippen molar-refractivity contribution in [3.05, 3.63) is 0 Å². The monoisotopic (exact) mass is 205 g/mol. The maximum Gasteiger partial charge on any atom is 0.407 e. The van der Waals surface area contributed by atoms with E-state index in [0.717, 1.165) is 6.42 Å². The van der Waals surface area contributed by atoms with Gasteiger partial charge in [-0.05, 0) is 13.3 Å². The van der Waals surface area contributed by atoms with Crippen molar-refractivity contribution < 1.29 is 14.6 Å². The van der Waals surface area contributed by atoms with E-state index in [1.165, 1.54) is 4.90 Å². The molecule has 0 aromatic heterocycles. The summed E-state index contributed by atoms with van der Waals surface area (Å²) in [6, 6.07) is 0. The molecule has 2 atom stereocenters. The van der Waals surface area contributed by atoms with Crippen LogP contribution in [-0.2, 0) is 4.74 Å². The second-order valence-corrected chi connectivity index (χ2v) is 3.90. The van der Waals surface area contributed by atoms with Crippen LogP contribution in [0, 0.1) is 0 Å². The number of nitrogens with zero attached hydrogens (tertiary/aromatic N) is 1. The van der Waals surface area contributed by atoms with Crippen molar-refractivity contribution in [3.8, 4) is 0 Å². The second kappa shape index (κ2) is 4.72. The molecular weight excluding hydrogens is 190 g/mol. The third-order valence-corrected chi connectivity index (χ3v) is 2.50. The summed E-state index contributed by atoms with van der Waals surface area (Å²) in [6.45, 7) is 3.42. The molecule has 1 heterocycles. The van der Waals surface area contributed by atoms with Crippen molar-refractivity contribution >= 4 is 18.7 Å². The molecule has 1 aliphatic heterocycles. The topological polar surface area (TPSA) is 49.8 Å². The molecule has 1 fully saturated rings.